The Morgan fingerprint density at radius 2 is 1.69 bits per heavy atom. The van der Waals surface area contributed by atoms with Gasteiger partial charge in [0.2, 0.25) is 5.91 Å². The van der Waals surface area contributed by atoms with E-state index < -0.39 is 12.1 Å². The van der Waals surface area contributed by atoms with E-state index in [-0.39, 0.29) is 11.9 Å². The fraction of sp³-hybridized carbons (Fsp3) is 0.240. The number of rotatable bonds is 6. The lowest BCUT2D eigenvalue weighted by Crippen LogP contribution is -2.38. The Morgan fingerprint density at radius 1 is 1.09 bits per heavy atom. The number of aliphatic carboxylic acids is 1. The molecule has 1 saturated heterocycles. The second kappa shape index (κ2) is 11.5. The van der Waals surface area contributed by atoms with Crippen molar-refractivity contribution in [2.45, 2.75) is 25.2 Å². The number of nitrogens with zero attached hydrogens (tertiary/aromatic N) is 2. The number of carbonyl (C=O) groups is 2. The van der Waals surface area contributed by atoms with E-state index in [1.165, 1.54) is 0 Å². The molecule has 1 fully saturated rings. The predicted octanol–water partition coefficient (Wildman–Crippen LogP) is 4.29. The van der Waals surface area contributed by atoms with Crippen LogP contribution in [0.1, 0.15) is 12.0 Å². The number of methoxy groups -OCH3 is 1. The number of alkyl halides is 3. The zero-order valence-corrected chi connectivity index (χ0v) is 18.8. The molecule has 2 N–H and O–H groups in total. The zero-order chi connectivity index (χ0) is 25.4. The monoisotopic (exact) mass is 487 g/mol. The number of aromatic nitrogens is 1. The first kappa shape index (κ1) is 25.7. The number of benzene rings is 2. The van der Waals surface area contributed by atoms with Gasteiger partial charge in [-0.05, 0) is 47.4 Å². The number of anilines is 1. The quantitative estimate of drug-likeness (QED) is 0.539. The molecule has 0 radical (unpaired) electrons. The molecule has 0 aliphatic carbocycles. The van der Waals surface area contributed by atoms with Gasteiger partial charge >= 0.3 is 12.1 Å². The number of ether oxygens (including phenoxy) is 1. The summed E-state index contributed by atoms with van der Waals surface area (Å²) in [7, 11) is 1.63. The summed E-state index contributed by atoms with van der Waals surface area (Å²) in [6.07, 6.45) is -0.708. The van der Waals surface area contributed by atoms with Gasteiger partial charge < -0.3 is 20.1 Å². The van der Waals surface area contributed by atoms with E-state index >= 15 is 0 Å². The highest BCUT2D eigenvalue weighted by Crippen LogP contribution is 2.31. The largest absolute Gasteiger partial charge is 0.495 e. The van der Waals surface area contributed by atoms with E-state index in [9.17, 15) is 18.0 Å². The lowest BCUT2D eigenvalue weighted by atomic mass is 10.1. The Kier molecular flexibility index (Phi) is 8.43. The molecule has 0 spiro atoms. The van der Waals surface area contributed by atoms with Crippen LogP contribution in [-0.2, 0) is 16.1 Å². The molecule has 1 aliphatic rings. The highest BCUT2D eigenvalue weighted by molar-refractivity contribution is 6.00. The Balaban J connectivity index is 0.000000429. The molecule has 3 aromatic rings. The van der Waals surface area contributed by atoms with Gasteiger partial charge in [0.1, 0.15) is 5.75 Å². The van der Waals surface area contributed by atoms with Crippen LogP contribution >= 0.6 is 0 Å². The van der Waals surface area contributed by atoms with Crippen LogP contribution in [0.3, 0.4) is 0 Å². The van der Waals surface area contributed by atoms with E-state index in [0.717, 1.165) is 34.5 Å². The minimum absolute atomic E-state index is 0.0953. The molecule has 2 heterocycles. The van der Waals surface area contributed by atoms with E-state index in [0.29, 0.717) is 13.1 Å². The molecule has 10 heteroatoms. The van der Waals surface area contributed by atoms with E-state index in [2.05, 4.69) is 34.6 Å². The highest BCUT2D eigenvalue weighted by Gasteiger charge is 2.38. The molecular formula is C25H24F3N3O4. The minimum atomic E-state index is -5.08. The summed E-state index contributed by atoms with van der Waals surface area (Å²) < 4.78 is 37.1. The van der Waals surface area contributed by atoms with Gasteiger partial charge in [0.05, 0.1) is 18.8 Å². The summed E-state index contributed by atoms with van der Waals surface area (Å²) in [5.74, 6) is -1.94. The molecule has 2 aromatic carbocycles. The summed E-state index contributed by atoms with van der Waals surface area (Å²) in [5.41, 5.74) is 4.29. The van der Waals surface area contributed by atoms with Gasteiger partial charge in [-0.1, -0.05) is 36.4 Å². The molecule has 4 rings (SSSR count). The second-order valence-corrected chi connectivity index (χ2v) is 7.62. The fourth-order valence-corrected chi connectivity index (χ4v) is 3.56. The summed E-state index contributed by atoms with van der Waals surface area (Å²) in [6, 6.07) is 19.9. The first-order valence-electron chi connectivity index (χ1n) is 10.7. The Bertz CT molecular complexity index is 1140. The molecule has 1 aliphatic heterocycles. The standard InChI is InChI=1S/C23H23N3O2.C2HF3O2/c1-28-22-5-3-2-4-21(22)26-15-12-20(23(26)27)25-16-17-6-8-18(9-7-17)19-10-13-24-14-11-19;3-2(4,5)1(6)7/h2-11,13-14,20,25H,12,15-16H2,1H3;(H,6,7). The van der Waals surface area contributed by atoms with Crippen LogP contribution in [0.15, 0.2) is 73.1 Å². The maximum Gasteiger partial charge on any atom is 0.490 e. The maximum atomic E-state index is 12.8. The molecule has 35 heavy (non-hydrogen) atoms. The van der Waals surface area contributed by atoms with Crippen LogP contribution in [0, 0.1) is 0 Å². The number of para-hydroxylation sites is 2. The van der Waals surface area contributed by atoms with Crippen molar-refractivity contribution in [2.75, 3.05) is 18.6 Å². The van der Waals surface area contributed by atoms with Crippen LogP contribution in [-0.4, -0.2) is 47.8 Å². The predicted molar refractivity (Wildman–Crippen MR) is 124 cm³/mol. The van der Waals surface area contributed by atoms with Crippen molar-refractivity contribution in [3.63, 3.8) is 0 Å². The Hall–Kier alpha value is -3.92. The average Bonchev–Trinajstić information content (AvgIpc) is 3.23. The molecule has 0 bridgehead atoms. The van der Waals surface area contributed by atoms with E-state index in [1.807, 2.05) is 41.3 Å². The minimum Gasteiger partial charge on any atom is -0.495 e. The van der Waals surface area contributed by atoms with Crippen molar-refractivity contribution in [3.05, 3.63) is 78.6 Å². The molecule has 0 saturated carbocycles. The number of nitrogens with one attached hydrogen (secondary N) is 1. The highest BCUT2D eigenvalue weighted by atomic mass is 19.4. The lowest BCUT2D eigenvalue weighted by molar-refractivity contribution is -0.192. The third-order valence-electron chi connectivity index (χ3n) is 5.34. The van der Waals surface area contributed by atoms with Crippen molar-refractivity contribution in [2.24, 2.45) is 0 Å². The molecule has 1 atom stereocenters. The van der Waals surface area contributed by atoms with E-state index in [4.69, 9.17) is 14.6 Å². The van der Waals surface area contributed by atoms with Crippen molar-refractivity contribution >= 4 is 17.6 Å². The van der Waals surface area contributed by atoms with Crippen molar-refractivity contribution < 1.29 is 32.6 Å². The van der Waals surface area contributed by atoms with Crippen LogP contribution in [0.25, 0.3) is 11.1 Å². The normalized spacial score (nSPS) is 15.4. The lowest BCUT2D eigenvalue weighted by Gasteiger charge is -2.19. The molecule has 184 valence electrons. The second-order valence-electron chi connectivity index (χ2n) is 7.62. The zero-order valence-electron chi connectivity index (χ0n) is 18.8. The van der Waals surface area contributed by atoms with Gasteiger partial charge in [-0.3, -0.25) is 9.78 Å². The number of amides is 1. The molecule has 1 aromatic heterocycles. The SMILES string of the molecule is COc1ccccc1N1CCC(NCc2ccc(-c3ccncc3)cc2)C1=O.O=C(O)C(F)(F)F. The van der Waals surface area contributed by atoms with Gasteiger partial charge in [-0.25, -0.2) is 4.79 Å². The smallest absolute Gasteiger partial charge is 0.490 e. The van der Waals surface area contributed by atoms with Crippen molar-refractivity contribution in [1.29, 1.82) is 0 Å². The van der Waals surface area contributed by atoms with Crippen LogP contribution in [0.4, 0.5) is 18.9 Å². The summed E-state index contributed by atoms with van der Waals surface area (Å²) in [4.78, 5) is 27.6. The molecule has 7 nitrogen and oxygen atoms in total. The number of hydrogen-bond acceptors (Lipinski definition) is 5. The van der Waals surface area contributed by atoms with Crippen molar-refractivity contribution in [1.82, 2.24) is 10.3 Å². The first-order chi connectivity index (χ1) is 16.7. The summed E-state index contributed by atoms with van der Waals surface area (Å²) >= 11 is 0. The van der Waals surface area contributed by atoms with Gasteiger partial charge in [-0.2, -0.15) is 13.2 Å². The Morgan fingerprint density at radius 3 is 2.29 bits per heavy atom. The average molecular weight is 487 g/mol. The van der Waals surface area contributed by atoms with Crippen LogP contribution in [0.5, 0.6) is 5.75 Å². The molecular weight excluding hydrogens is 463 g/mol. The number of carboxylic acids is 1. The van der Waals surface area contributed by atoms with Gasteiger partial charge in [-0.15, -0.1) is 0 Å². The first-order valence-corrected chi connectivity index (χ1v) is 10.7. The van der Waals surface area contributed by atoms with E-state index in [1.54, 1.807) is 19.5 Å². The van der Waals surface area contributed by atoms with Gasteiger partial charge in [0.25, 0.3) is 0 Å². The maximum absolute atomic E-state index is 12.8. The Labute approximate surface area is 200 Å². The number of carbonyl (C=O) groups excluding carboxylic acids is 1. The number of hydrogen-bond donors (Lipinski definition) is 2. The molecule has 1 amide bonds. The van der Waals surface area contributed by atoms with Crippen LogP contribution in [0.2, 0.25) is 0 Å². The number of pyridine rings is 1. The topological polar surface area (TPSA) is 91.8 Å². The number of halogens is 3. The van der Waals surface area contributed by atoms with Crippen LogP contribution < -0.4 is 15.0 Å². The molecule has 1 unspecified atom stereocenters. The summed E-state index contributed by atoms with van der Waals surface area (Å²) in [5, 5.41) is 10.5. The third-order valence-corrected chi connectivity index (χ3v) is 5.34. The van der Waals surface area contributed by atoms with Crippen molar-refractivity contribution in [3.8, 4) is 16.9 Å². The number of carboxylic acid groups (broad SMARTS) is 1. The fourth-order valence-electron chi connectivity index (χ4n) is 3.56. The van der Waals surface area contributed by atoms with Gasteiger partial charge in [0, 0.05) is 25.5 Å². The summed E-state index contributed by atoms with van der Waals surface area (Å²) in [6.45, 7) is 1.35. The third kappa shape index (κ3) is 6.80. The van der Waals surface area contributed by atoms with Gasteiger partial charge in [0.15, 0.2) is 0 Å².